The third kappa shape index (κ3) is 4.11. The highest BCUT2D eigenvalue weighted by Crippen LogP contribution is 2.32. The number of nitrogens with one attached hydrogen (secondary N) is 3. The zero-order chi connectivity index (χ0) is 19.6. The van der Waals surface area contributed by atoms with Crippen molar-refractivity contribution in [2.75, 3.05) is 5.32 Å². The number of anilines is 1. The molecule has 0 radical (unpaired) electrons. The molecule has 3 rings (SSSR count). The van der Waals surface area contributed by atoms with Gasteiger partial charge in [0.1, 0.15) is 0 Å². The first kappa shape index (κ1) is 18.5. The molecule has 0 spiro atoms. The van der Waals surface area contributed by atoms with Crippen LogP contribution in [0.3, 0.4) is 0 Å². The minimum atomic E-state index is -4.46. The van der Waals surface area contributed by atoms with Crippen LogP contribution in [0.25, 0.3) is 0 Å². The topological polar surface area (TPSA) is 70.2 Å². The molecule has 27 heavy (non-hydrogen) atoms. The third-order valence-corrected chi connectivity index (χ3v) is 4.12. The van der Waals surface area contributed by atoms with Crippen molar-refractivity contribution >= 4 is 17.6 Å². The molecule has 1 aliphatic heterocycles. The van der Waals surface area contributed by atoms with E-state index >= 15 is 0 Å². The van der Waals surface area contributed by atoms with Crippen LogP contribution in [0, 0.1) is 0 Å². The Morgan fingerprint density at radius 1 is 1.04 bits per heavy atom. The van der Waals surface area contributed by atoms with E-state index in [1.165, 1.54) is 12.1 Å². The van der Waals surface area contributed by atoms with Crippen molar-refractivity contribution in [3.8, 4) is 0 Å². The lowest BCUT2D eigenvalue weighted by Crippen LogP contribution is -2.46. The van der Waals surface area contributed by atoms with Crippen LogP contribution >= 0.6 is 0 Å². The third-order valence-electron chi connectivity index (χ3n) is 4.12. The zero-order valence-electron chi connectivity index (χ0n) is 14.2. The quantitative estimate of drug-likeness (QED) is 0.760. The number of amides is 3. The Labute approximate surface area is 153 Å². The first-order valence-electron chi connectivity index (χ1n) is 8.07. The van der Waals surface area contributed by atoms with Crippen LogP contribution < -0.4 is 16.0 Å². The average Bonchev–Trinajstić information content (AvgIpc) is 2.61. The Morgan fingerprint density at radius 2 is 1.67 bits per heavy atom. The summed E-state index contributed by atoms with van der Waals surface area (Å²) in [5.74, 6) is -0.462. The highest BCUT2D eigenvalue weighted by atomic mass is 19.4. The van der Waals surface area contributed by atoms with Crippen molar-refractivity contribution in [2.45, 2.75) is 19.1 Å². The second-order valence-electron chi connectivity index (χ2n) is 6.01. The van der Waals surface area contributed by atoms with Gasteiger partial charge in [0.25, 0.3) is 5.91 Å². The smallest absolute Gasteiger partial charge is 0.327 e. The monoisotopic (exact) mass is 375 g/mol. The van der Waals surface area contributed by atoms with Gasteiger partial charge in [0.15, 0.2) is 0 Å². The van der Waals surface area contributed by atoms with Crippen molar-refractivity contribution in [3.63, 3.8) is 0 Å². The van der Waals surface area contributed by atoms with E-state index in [0.29, 0.717) is 16.9 Å². The Hall–Kier alpha value is -3.29. The van der Waals surface area contributed by atoms with E-state index in [2.05, 4.69) is 16.0 Å². The summed E-state index contributed by atoms with van der Waals surface area (Å²) in [6, 6.07) is 11.7. The maximum Gasteiger partial charge on any atom is 0.416 e. The number of carbonyl (C=O) groups is 2. The summed E-state index contributed by atoms with van der Waals surface area (Å²) in [6.45, 7) is 1.57. The van der Waals surface area contributed by atoms with E-state index in [1.54, 1.807) is 37.3 Å². The minimum absolute atomic E-state index is 0.221. The number of benzene rings is 2. The molecule has 2 aromatic rings. The molecule has 2 aromatic carbocycles. The Bertz CT molecular complexity index is 891. The van der Waals surface area contributed by atoms with Gasteiger partial charge in [-0.1, -0.05) is 30.3 Å². The van der Waals surface area contributed by atoms with Gasteiger partial charge in [0.05, 0.1) is 17.2 Å². The predicted molar refractivity (Wildman–Crippen MR) is 93.6 cm³/mol. The van der Waals surface area contributed by atoms with Crippen LogP contribution in [0.2, 0.25) is 0 Å². The molecule has 0 aromatic heterocycles. The van der Waals surface area contributed by atoms with E-state index in [4.69, 9.17) is 0 Å². The molecule has 0 saturated carbocycles. The zero-order valence-corrected chi connectivity index (χ0v) is 14.2. The molecular weight excluding hydrogens is 359 g/mol. The number of para-hydroxylation sites is 1. The molecule has 0 bridgehead atoms. The summed E-state index contributed by atoms with van der Waals surface area (Å²) in [4.78, 5) is 24.6. The molecule has 1 heterocycles. The summed E-state index contributed by atoms with van der Waals surface area (Å²) < 4.78 is 38.3. The first-order valence-corrected chi connectivity index (χ1v) is 8.07. The normalized spacial score (nSPS) is 17.2. The van der Waals surface area contributed by atoms with Crippen molar-refractivity contribution in [1.82, 2.24) is 10.6 Å². The summed E-state index contributed by atoms with van der Waals surface area (Å²) in [5, 5.41) is 7.83. The van der Waals surface area contributed by atoms with E-state index in [0.717, 1.165) is 12.1 Å². The lowest BCUT2D eigenvalue weighted by Gasteiger charge is -2.28. The van der Waals surface area contributed by atoms with E-state index in [9.17, 15) is 22.8 Å². The van der Waals surface area contributed by atoms with Gasteiger partial charge in [-0.3, -0.25) is 4.79 Å². The van der Waals surface area contributed by atoms with E-state index < -0.39 is 29.7 Å². The number of carbonyl (C=O) groups excluding carboxylic acids is 2. The number of urea groups is 1. The maximum absolute atomic E-state index is 12.8. The Kier molecular flexibility index (Phi) is 4.89. The fraction of sp³-hybridized carbons (Fsp3) is 0.158. The number of hydrogen-bond acceptors (Lipinski definition) is 2. The SMILES string of the molecule is CC1=C(C(=O)Nc2ccccc2)[C@H](c2ccc(C(F)(F)F)cc2)NC(=O)N1. The summed E-state index contributed by atoms with van der Waals surface area (Å²) >= 11 is 0. The summed E-state index contributed by atoms with van der Waals surface area (Å²) in [7, 11) is 0. The molecule has 0 unspecified atom stereocenters. The molecule has 0 fully saturated rings. The minimum Gasteiger partial charge on any atom is -0.327 e. The number of alkyl halides is 3. The van der Waals surface area contributed by atoms with Gasteiger partial charge >= 0.3 is 12.2 Å². The molecule has 5 nitrogen and oxygen atoms in total. The van der Waals surface area contributed by atoms with Gasteiger partial charge in [-0.05, 0) is 36.8 Å². The fourth-order valence-corrected chi connectivity index (χ4v) is 2.83. The Balaban J connectivity index is 1.93. The van der Waals surface area contributed by atoms with Crippen LogP contribution in [0.15, 0.2) is 65.9 Å². The molecular formula is C19H16F3N3O2. The van der Waals surface area contributed by atoms with Gasteiger partial charge in [0, 0.05) is 11.4 Å². The highest BCUT2D eigenvalue weighted by molar-refractivity contribution is 6.06. The number of rotatable bonds is 3. The van der Waals surface area contributed by atoms with Crippen molar-refractivity contribution in [1.29, 1.82) is 0 Å². The molecule has 3 N–H and O–H groups in total. The predicted octanol–water partition coefficient (Wildman–Crippen LogP) is 3.97. The van der Waals surface area contributed by atoms with Crippen molar-refractivity contribution in [2.24, 2.45) is 0 Å². The second-order valence-corrected chi connectivity index (χ2v) is 6.01. The standard InChI is InChI=1S/C19H16F3N3O2/c1-11-15(17(26)24-14-5-3-2-4-6-14)16(25-18(27)23-11)12-7-9-13(10-8-12)19(20,21)22/h2-10,16H,1H3,(H,24,26)(H2,23,25,27)/t16-/m0/s1. The number of allylic oxidation sites excluding steroid dienone is 1. The van der Waals surface area contributed by atoms with Crippen LogP contribution in [0.5, 0.6) is 0 Å². The van der Waals surface area contributed by atoms with Crippen LogP contribution in [-0.2, 0) is 11.0 Å². The molecule has 0 aliphatic carbocycles. The average molecular weight is 375 g/mol. The largest absolute Gasteiger partial charge is 0.416 e. The Morgan fingerprint density at radius 3 is 2.26 bits per heavy atom. The molecule has 8 heteroatoms. The highest BCUT2D eigenvalue weighted by Gasteiger charge is 2.33. The maximum atomic E-state index is 12.8. The van der Waals surface area contributed by atoms with Gasteiger partial charge in [0.2, 0.25) is 0 Å². The van der Waals surface area contributed by atoms with Crippen molar-refractivity contribution in [3.05, 3.63) is 77.0 Å². The van der Waals surface area contributed by atoms with Crippen molar-refractivity contribution < 1.29 is 22.8 Å². The van der Waals surface area contributed by atoms with Gasteiger partial charge in [-0.2, -0.15) is 13.2 Å². The molecule has 1 atom stereocenters. The van der Waals surface area contributed by atoms with Gasteiger partial charge in [-0.15, -0.1) is 0 Å². The lowest BCUT2D eigenvalue weighted by atomic mass is 9.94. The van der Waals surface area contributed by atoms with E-state index in [1.807, 2.05) is 0 Å². The molecule has 1 aliphatic rings. The molecule has 3 amide bonds. The summed E-state index contributed by atoms with van der Waals surface area (Å²) in [5.41, 5.74) is 0.680. The van der Waals surface area contributed by atoms with Gasteiger partial charge < -0.3 is 16.0 Å². The molecule has 140 valence electrons. The number of hydrogen-bond donors (Lipinski definition) is 3. The van der Waals surface area contributed by atoms with Crippen LogP contribution in [0.1, 0.15) is 24.1 Å². The second kappa shape index (κ2) is 7.14. The summed E-state index contributed by atoms with van der Waals surface area (Å²) in [6.07, 6.45) is -4.46. The fourth-order valence-electron chi connectivity index (χ4n) is 2.83. The number of halogens is 3. The first-order chi connectivity index (χ1) is 12.8. The van der Waals surface area contributed by atoms with Crippen LogP contribution in [-0.4, -0.2) is 11.9 Å². The van der Waals surface area contributed by atoms with Gasteiger partial charge in [-0.25, -0.2) is 4.79 Å². The van der Waals surface area contributed by atoms with Crippen LogP contribution in [0.4, 0.5) is 23.7 Å². The molecule has 0 saturated heterocycles. The van der Waals surface area contributed by atoms with E-state index in [-0.39, 0.29) is 5.57 Å². The lowest BCUT2D eigenvalue weighted by molar-refractivity contribution is -0.137.